The number of nitrogens with zero attached hydrogens (tertiary/aromatic N) is 3. The SMILES string of the molecule is CCOC(=O)c1cnc2c(C(F)(F)F)cccc2c1Nc1ccc(S(=O)(=O)Nc2nc(C)cc(C)n2)cc1. The van der Waals surface area contributed by atoms with Crippen molar-refractivity contribution in [1.29, 1.82) is 0 Å². The number of pyridine rings is 1. The molecular weight excluding hydrogens is 523 g/mol. The Kier molecular flexibility index (Phi) is 7.22. The van der Waals surface area contributed by atoms with Crippen LogP contribution in [0.15, 0.2) is 59.6 Å². The molecule has 0 saturated heterocycles. The average Bonchev–Trinajstić information content (AvgIpc) is 2.82. The van der Waals surface area contributed by atoms with E-state index in [4.69, 9.17) is 4.74 Å². The monoisotopic (exact) mass is 545 g/mol. The predicted molar refractivity (Wildman–Crippen MR) is 135 cm³/mol. The number of ether oxygens (including phenoxy) is 1. The highest BCUT2D eigenvalue weighted by atomic mass is 32.2. The molecule has 0 fully saturated rings. The van der Waals surface area contributed by atoms with Gasteiger partial charge in [-0.05, 0) is 57.2 Å². The van der Waals surface area contributed by atoms with Gasteiger partial charge in [0, 0.05) is 28.7 Å². The van der Waals surface area contributed by atoms with Crippen LogP contribution < -0.4 is 10.0 Å². The fourth-order valence-electron chi connectivity index (χ4n) is 3.76. The maximum atomic E-state index is 13.6. The Morgan fingerprint density at radius 2 is 1.68 bits per heavy atom. The van der Waals surface area contributed by atoms with Crippen molar-refractivity contribution in [2.24, 2.45) is 0 Å². The van der Waals surface area contributed by atoms with E-state index in [0.717, 1.165) is 12.3 Å². The van der Waals surface area contributed by atoms with Gasteiger partial charge in [0.05, 0.1) is 28.3 Å². The smallest absolute Gasteiger partial charge is 0.418 e. The van der Waals surface area contributed by atoms with Crippen molar-refractivity contribution in [2.45, 2.75) is 31.8 Å². The summed E-state index contributed by atoms with van der Waals surface area (Å²) in [4.78, 5) is 24.5. The zero-order chi connectivity index (χ0) is 27.7. The molecule has 0 unspecified atom stereocenters. The van der Waals surface area contributed by atoms with E-state index in [9.17, 15) is 26.4 Å². The highest BCUT2D eigenvalue weighted by molar-refractivity contribution is 7.92. The molecule has 0 bridgehead atoms. The minimum Gasteiger partial charge on any atom is -0.462 e. The van der Waals surface area contributed by atoms with Crippen LogP contribution in [0.5, 0.6) is 0 Å². The first-order valence-corrected chi connectivity index (χ1v) is 12.8. The van der Waals surface area contributed by atoms with Gasteiger partial charge in [-0.1, -0.05) is 12.1 Å². The van der Waals surface area contributed by atoms with Crippen LogP contribution in [-0.2, 0) is 20.9 Å². The lowest BCUT2D eigenvalue weighted by molar-refractivity contribution is -0.136. The van der Waals surface area contributed by atoms with E-state index in [-0.39, 0.29) is 39.6 Å². The second kappa shape index (κ2) is 10.2. The molecule has 2 heterocycles. The maximum absolute atomic E-state index is 13.6. The predicted octanol–water partition coefficient (Wildman–Crippen LogP) is 5.38. The second-order valence-corrected chi connectivity index (χ2v) is 9.88. The summed E-state index contributed by atoms with van der Waals surface area (Å²) < 4.78 is 73.8. The Morgan fingerprint density at radius 1 is 1.03 bits per heavy atom. The Labute approximate surface area is 216 Å². The fraction of sp³-hybridized carbons (Fsp3) is 0.200. The topological polar surface area (TPSA) is 123 Å². The van der Waals surface area contributed by atoms with E-state index in [0.29, 0.717) is 17.1 Å². The van der Waals surface area contributed by atoms with Crippen LogP contribution in [0.4, 0.5) is 30.5 Å². The minimum absolute atomic E-state index is 0.0377. The van der Waals surface area contributed by atoms with Gasteiger partial charge >= 0.3 is 12.1 Å². The lowest BCUT2D eigenvalue weighted by atomic mass is 10.0. The van der Waals surface area contributed by atoms with E-state index in [2.05, 4.69) is 25.0 Å². The summed E-state index contributed by atoms with van der Waals surface area (Å²) in [5, 5.41) is 2.97. The number of esters is 1. The molecule has 0 aliphatic heterocycles. The maximum Gasteiger partial charge on any atom is 0.418 e. The van der Waals surface area contributed by atoms with Gasteiger partial charge in [-0.15, -0.1) is 0 Å². The molecule has 9 nitrogen and oxygen atoms in total. The molecule has 2 aromatic heterocycles. The number of rotatable bonds is 7. The van der Waals surface area contributed by atoms with Crippen LogP contribution in [-0.4, -0.2) is 35.9 Å². The van der Waals surface area contributed by atoms with E-state index >= 15 is 0 Å². The van der Waals surface area contributed by atoms with E-state index in [1.165, 1.54) is 36.4 Å². The molecule has 4 rings (SSSR count). The first-order valence-electron chi connectivity index (χ1n) is 11.3. The van der Waals surface area contributed by atoms with Crippen LogP contribution >= 0.6 is 0 Å². The van der Waals surface area contributed by atoms with Gasteiger partial charge in [0.2, 0.25) is 5.95 Å². The van der Waals surface area contributed by atoms with Crippen LogP contribution in [0.1, 0.15) is 34.2 Å². The summed E-state index contributed by atoms with van der Waals surface area (Å²) in [6, 6.07) is 10.6. The Morgan fingerprint density at radius 3 is 2.29 bits per heavy atom. The zero-order valence-corrected chi connectivity index (χ0v) is 21.2. The minimum atomic E-state index is -4.67. The Bertz CT molecular complexity index is 1600. The number of nitrogens with one attached hydrogen (secondary N) is 2. The van der Waals surface area contributed by atoms with Crippen LogP contribution in [0.3, 0.4) is 0 Å². The van der Waals surface area contributed by atoms with Gasteiger partial charge < -0.3 is 10.1 Å². The first-order chi connectivity index (χ1) is 17.9. The Balaban J connectivity index is 1.71. The second-order valence-electron chi connectivity index (χ2n) is 8.20. The van der Waals surface area contributed by atoms with Gasteiger partial charge in [-0.25, -0.2) is 27.9 Å². The molecule has 0 atom stereocenters. The summed E-state index contributed by atoms with van der Waals surface area (Å²) in [6.07, 6.45) is -3.65. The fourth-order valence-corrected chi connectivity index (χ4v) is 4.71. The summed E-state index contributed by atoms with van der Waals surface area (Å²) >= 11 is 0. The van der Waals surface area contributed by atoms with Gasteiger partial charge in [0.25, 0.3) is 10.0 Å². The highest BCUT2D eigenvalue weighted by Gasteiger charge is 2.34. The number of fused-ring (bicyclic) bond motifs is 1. The van der Waals surface area contributed by atoms with Crippen molar-refractivity contribution in [3.63, 3.8) is 0 Å². The molecule has 0 aliphatic carbocycles. The zero-order valence-electron chi connectivity index (χ0n) is 20.4. The van der Waals surface area contributed by atoms with Crippen molar-refractivity contribution in [3.8, 4) is 0 Å². The quantitative estimate of drug-likeness (QED) is 0.297. The number of hydrogen-bond acceptors (Lipinski definition) is 8. The van der Waals surface area contributed by atoms with E-state index in [1.54, 1.807) is 26.8 Å². The number of anilines is 3. The molecule has 38 heavy (non-hydrogen) atoms. The number of aryl methyl sites for hydroxylation is 2. The molecule has 0 spiro atoms. The van der Waals surface area contributed by atoms with E-state index in [1.807, 2.05) is 0 Å². The standard InChI is InChI=1S/C25H22F3N5O4S/c1-4-37-23(34)19-13-29-22-18(6-5-7-20(22)25(26,27)28)21(19)32-16-8-10-17(11-9-16)38(35,36)33-24-30-14(2)12-15(3)31-24/h5-13H,4H2,1-3H3,(H,29,32)(H,30,31,33). The average molecular weight is 546 g/mol. The van der Waals surface area contributed by atoms with Crippen LogP contribution in [0, 0.1) is 13.8 Å². The van der Waals surface area contributed by atoms with E-state index < -0.39 is 27.7 Å². The molecule has 0 radical (unpaired) electrons. The van der Waals surface area contributed by atoms with Crippen LogP contribution in [0.25, 0.3) is 10.9 Å². The van der Waals surface area contributed by atoms with Crippen LogP contribution in [0.2, 0.25) is 0 Å². The third-order valence-electron chi connectivity index (χ3n) is 5.34. The largest absolute Gasteiger partial charge is 0.462 e. The summed E-state index contributed by atoms with van der Waals surface area (Å²) in [5.41, 5.74) is 0.126. The molecule has 0 amide bonds. The summed E-state index contributed by atoms with van der Waals surface area (Å²) in [5.74, 6) is -0.855. The van der Waals surface area contributed by atoms with Crippen molar-refractivity contribution in [3.05, 3.63) is 77.2 Å². The molecule has 0 aliphatic rings. The van der Waals surface area contributed by atoms with Crippen molar-refractivity contribution < 1.29 is 31.1 Å². The molecule has 4 aromatic rings. The number of halogens is 3. The number of para-hydroxylation sites is 1. The van der Waals surface area contributed by atoms with Gasteiger partial charge in [0.15, 0.2) is 0 Å². The lowest BCUT2D eigenvalue weighted by Gasteiger charge is -2.17. The molecule has 198 valence electrons. The van der Waals surface area contributed by atoms with Gasteiger partial charge in [-0.3, -0.25) is 4.98 Å². The molecule has 2 N–H and O–H groups in total. The third-order valence-corrected chi connectivity index (χ3v) is 6.68. The van der Waals surface area contributed by atoms with Crippen molar-refractivity contribution in [2.75, 3.05) is 16.6 Å². The molecular formula is C25H22F3N5O4S. The van der Waals surface area contributed by atoms with Crippen molar-refractivity contribution >= 4 is 44.2 Å². The molecule has 0 saturated carbocycles. The number of benzene rings is 2. The van der Waals surface area contributed by atoms with Gasteiger partial charge in [-0.2, -0.15) is 13.2 Å². The number of aromatic nitrogens is 3. The number of sulfonamides is 1. The normalized spacial score (nSPS) is 11.8. The van der Waals surface area contributed by atoms with Gasteiger partial charge in [0.1, 0.15) is 5.56 Å². The van der Waals surface area contributed by atoms with Crippen molar-refractivity contribution in [1.82, 2.24) is 15.0 Å². The Hall–Kier alpha value is -4.26. The molecule has 2 aromatic carbocycles. The summed E-state index contributed by atoms with van der Waals surface area (Å²) in [6.45, 7) is 5.05. The lowest BCUT2D eigenvalue weighted by Crippen LogP contribution is -2.15. The number of hydrogen-bond donors (Lipinski definition) is 2. The number of carbonyl (C=O) groups is 1. The first kappa shape index (κ1) is 26.8. The number of alkyl halides is 3. The molecule has 13 heteroatoms. The number of carbonyl (C=O) groups excluding carboxylic acids is 1. The highest BCUT2D eigenvalue weighted by Crippen LogP contribution is 2.38. The summed E-state index contributed by atoms with van der Waals surface area (Å²) in [7, 11) is -4.03. The third kappa shape index (κ3) is 5.67.